The Morgan fingerprint density at radius 3 is 1.09 bits per heavy atom. The summed E-state index contributed by atoms with van der Waals surface area (Å²) in [6.07, 6.45) is 0. The first kappa shape index (κ1) is 37.1. The van der Waals surface area contributed by atoms with Crippen LogP contribution in [0, 0.1) is 0 Å². The maximum absolute atomic E-state index is 5.18. The van der Waals surface area contributed by atoms with Gasteiger partial charge in [-0.3, -0.25) is 0 Å². The fourth-order valence-electron chi connectivity index (χ4n) is 8.46. The van der Waals surface area contributed by atoms with E-state index in [4.69, 9.17) is 29.9 Å². The minimum Gasteiger partial charge on any atom is -0.248 e. The molecule has 0 saturated carbocycles. The Labute approximate surface area is 369 Å². The van der Waals surface area contributed by atoms with Crippen LogP contribution in [0.5, 0.6) is 0 Å². The lowest BCUT2D eigenvalue weighted by Gasteiger charge is -2.10. The monoisotopic (exact) mass is 816 g/mol. The molecule has 0 bridgehead atoms. The highest BCUT2D eigenvalue weighted by Gasteiger charge is 2.14. The summed E-state index contributed by atoms with van der Waals surface area (Å²) in [5.41, 5.74) is 16.0. The van der Waals surface area contributed by atoms with Gasteiger partial charge in [-0.05, 0) is 53.6 Å². The second-order valence-corrected chi connectivity index (χ2v) is 15.9. The number of nitrogens with zero attached hydrogens (tertiary/aromatic N) is 6. The summed E-state index contributed by atoms with van der Waals surface area (Å²) >= 11 is 0. The van der Waals surface area contributed by atoms with Crippen LogP contribution < -0.4 is 0 Å². The van der Waals surface area contributed by atoms with E-state index >= 15 is 0 Å². The van der Waals surface area contributed by atoms with Gasteiger partial charge in [-0.25, -0.2) is 29.9 Å². The van der Waals surface area contributed by atoms with E-state index in [1.54, 1.807) is 0 Å². The summed E-state index contributed by atoms with van der Waals surface area (Å²) in [4.78, 5) is 30.6. The minimum atomic E-state index is 0.665. The van der Waals surface area contributed by atoms with Gasteiger partial charge in [0.2, 0.25) is 0 Å². The van der Waals surface area contributed by atoms with Crippen LogP contribution in [0.15, 0.2) is 218 Å². The highest BCUT2D eigenvalue weighted by molar-refractivity contribution is 6.04. The molecule has 0 amide bonds. The van der Waals surface area contributed by atoms with Gasteiger partial charge in [-0.2, -0.15) is 0 Å². The van der Waals surface area contributed by atoms with Crippen molar-refractivity contribution in [2.75, 3.05) is 0 Å². The van der Waals surface area contributed by atoms with Crippen molar-refractivity contribution < 1.29 is 0 Å². The van der Waals surface area contributed by atoms with Crippen molar-refractivity contribution in [1.82, 2.24) is 29.9 Å². The molecule has 0 fully saturated rings. The predicted octanol–water partition coefficient (Wildman–Crippen LogP) is 14.3. The maximum atomic E-state index is 5.18. The number of rotatable bonds is 7. The molecule has 0 atom stereocenters. The van der Waals surface area contributed by atoms with Crippen molar-refractivity contribution in [3.8, 4) is 78.9 Å². The smallest absolute Gasteiger partial charge is 0.160 e. The summed E-state index contributed by atoms with van der Waals surface area (Å²) in [7, 11) is 0. The van der Waals surface area contributed by atoms with E-state index in [2.05, 4.69) is 140 Å². The van der Waals surface area contributed by atoms with Crippen LogP contribution in [0.1, 0.15) is 0 Å². The Morgan fingerprint density at radius 2 is 0.562 bits per heavy atom. The number of pyridine rings is 4. The molecule has 298 valence electrons. The molecular formula is C58H36N6. The summed E-state index contributed by atoms with van der Waals surface area (Å²) in [6, 6.07) is 75.1. The normalized spacial score (nSPS) is 11.4. The van der Waals surface area contributed by atoms with Gasteiger partial charge in [0.1, 0.15) is 0 Å². The van der Waals surface area contributed by atoms with Crippen LogP contribution >= 0.6 is 0 Å². The van der Waals surface area contributed by atoms with Gasteiger partial charge in [0.25, 0.3) is 0 Å². The molecule has 0 spiro atoms. The average Bonchev–Trinajstić information content (AvgIpc) is 3.38. The van der Waals surface area contributed by atoms with Crippen molar-refractivity contribution in [3.05, 3.63) is 218 Å². The molecule has 6 nitrogen and oxygen atoms in total. The Bertz CT molecular complexity index is 3650. The van der Waals surface area contributed by atoms with E-state index in [9.17, 15) is 0 Å². The molecule has 5 aromatic heterocycles. The van der Waals surface area contributed by atoms with Crippen molar-refractivity contribution in [2.45, 2.75) is 0 Å². The van der Waals surface area contributed by atoms with Gasteiger partial charge in [0, 0.05) is 49.4 Å². The van der Waals surface area contributed by atoms with E-state index in [0.29, 0.717) is 5.82 Å². The van der Waals surface area contributed by atoms with Crippen molar-refractivity contribution in [3.63, 3.8) is 0 Å². The molecule has 0 saturated heterocycles. The van der Waals surface area contributed by atoms with Crippen LogP contribution in [0.4, 0.5) is 0 Å². The fraction of sp³-hybridized carbons (Fsp3) is 0. The van der Waals surface area contributed by atoms with Crippen molar-refractivity contribution >= 4 is 43.6 Å². The first-order valence-electron chi connectivity index (χ1n) is 21.3. The number of aromatic nitrogens is 6. The molecule has 0 N–H and O–H groups in total. The van der Waals surface area contributed by atoms with Crippen LogP contribution in [-0.4, -0.2) is 29.9 Å². The summed E-state index contributed by atoms with van der Waals surface area (Å²) in [5, 5.41) is 4.26. The number of hydrogen-bond donors (Lipinski definition) is 0. The SMILES string of the molecule is c1ccc(-c2cc(-c3ccc4ccc(-c5ccc6ccc(-c7ccc(-c8ccc9ccc%10ccc(-c%11ccccc%11)nc%10c9n8)cc7)nc6c5)cc4n3)nc(-c3ccccc3)n2)cc1. The van der Waals surface area contributed by atoms with E-state index in [1.807, 2.05) is 78.9 Å². The van der Waals surface area contributed by atoms with Gasteiger partial charge < -0.3 is 0 Å². The lowest BCUT2D eigenvalue weighted by molar-refractivity contribution is 1.17. The summed E-state index contributed by atoms with van der Waals surface area (Å²) in [5.74, 6) is 0.665. The summed E-state index contributed by atoms with van der Waals surface area (Å²) in [6.45, 7) is 0. The highest BCUT2D eigenvalue weighted by atomic mass is 14.9. The van der Waals surface area contributed by atoms with Crippen LogP contribution in [-0.2, 0) is 0 Å². The third-order valence-electron chi connectivity index (χ3n) is 11.9. The van der Waals surface area contributed by atoms with Gasteiger partial charge in [0.15, 0.2) is 5.82 Å². The largest absolute Gasteiger partial charge is 0.248 e. The second kappa shape index (κ2) is 15.6. The topological polar surface area (TPSA) is 77.3 Å². The molecular weight excluding hydrogens is 781 g/mol. The molecule has 0 aliphatic heterocycles. The fourth-order valence-corrected chi connectivity index (χ4v) is 8.46. The third-order valence-corrected chi connectivity index (χ3v) is 11.9. The molecule has 12 rings (SSSR count). The van der Waals surface area contributed by atoms with Crippen molar-refractivity contribution in [1.29, 1.82) is 0 Å². The second-order valence-electron chi connectivity index (χ2n) is 15.9. The lowest BCUT2D eigenvalue weighted by atomic mass is 10.0. The Hall–Kier alpha value is -8.74. The maximum Gasteiger partial charge on any atom is 0.160 e. The number of fused-ring (bicyclic) bond motifs is 5. The first-order valence-corrected chi connectivity index (χ1v) is 21.3. The van der Waals surface area contributed by atoms with Gasteiger partial charge in [-0.1, -0.05) is 176 Å². The molecule has 64 heavy (non-hydrogen) atoms. The Balaban J connectivity index is 0.850. The first-order chi connectivity index (χ1) is 31.6. The van der Waals surface area contributed by atoms with Crippen LogP contribution in [0.3, 0.4) is 0 Å². The minimum absolute atomic E-state index is 0.665. The zero-order valence-corrected chi connectivity index (χ0v) is 34.5. The van der Waals surface area contributed by atoms with E-state index in [1.165, 1.54) is 0 Å². The molecule has 5 heterocycles. The molecule has 0 aliphatic rings. The van der Waals surface area contributed by atoms with Crippen LogP contribution in [0.25, 0.3) is 123 Å². The molecule has 12 aromatic rings. The van der Waals surface area contributed by atoms with Crippen molar-refractivity contribution in [2.24, 2.45) is 0 Å². The number of hydrogen-bond acceptors (Lipinski definition) is 6. The molecule has 6 heteroatoms. The van der Waals surface area contributed by atoms with Gasteiger partial charge >= 0.3 is 0 Å². The quantitative estimate of drug-likeness (QED) is 0.149. The predicted molar refractivity (Wildman–Crippen MR) is 261 cm³/mol. The zero-order valence-electron chi connectivity index (χ0n) is 34.5. The third kappa shape index (κ3) is 6.99. The van der Waals surface area contributed by atoms with E-state index in [0.717, 1.165) is 117 Å². The van der Waals surface area contributed by atoms with Gasteiger partial charge in [-0.15, -0.1) is 0 Å². The van der Waals surface area contributed by atoms with Crippen LogP contribution in [0.2, 0.25) is 0 Å². The zero-order chi connectivity index (χ0) is 42.4. The molecule has 0 radical (unpaired) electrons. The highest BCUT2D eigenvalue weighted by Crippen LogP contribution is 2.33. The van der Waals surface area contributed by atoms with E-state index < -0.39 is 0 Å². The molecule has 0 aliphatic carbocycles. The Kier molecular flexibility index (Phi) is 9.05. The average molecular weight is 817 g/mol. The Morgan fingerprint density at radius 1 is 0.203 bits per heavy atom. The molecule has 7 aromatic carbocycles. The lowest BCUT2D eigenvalue weighted by Crippen LogP contribution is -1.97. The van der Waals surface area contributed by atoms with Gasteiger partial charge in [0.05, 0.1) is 56.2 Å². The molecule has 0 unspecified atom stereocenters. The number of benzene rings is 7. The van der Waals surface area contributed by atoms with E-state index in [-0.39, 0.29) is 0 Å². The standard InChI is InChI=1S/C58H36N6/c1-4-10-37(11-5-1)49-31-28-43-22-23-44-29-32-50(62-57(44)56(43)61-49)40-18-16-39(17-19-40)48-30-26-41-20-24-46(34-52(41)59-48)47-25-21-42-27-33-51(60-53(42)35-47)55-36-54(38-12-6-2-7-13-38)63-58(64-55)45-14-8-3-9-15-45/h1-36H. The summed E-state index contributed by atoms with van der Waals surface area (Å²) < 4.78 is 0.